The number of carbonyl (C=O) groups excluding carboxylic acids is 5. The van der Waals surface area contributed by atoms with Gasteiger partial charge in [0.25, 0.3) is 0 Å². The molecule has 0 radical (unpaired) electrons. The highest BCUT2D eigenvalue weighted by atomic mass is 79.9. The Kier molecular flexibility index (Phi) is 17.3. The standard InChI is InChI=1S/C26H23BrFN7O3.C16H14N4O3.C10H11BrFN3O/c1-14(36)25-19-8-16(17-10-29-15(2)30-11-17)6-7-20(19)35(33-25)13-24(37)34-12-18(28)9-21(34)26(38)32-23-5-3-4-22(27)31-23;1-9(21)16-13-5-11(12-6-17-10(2)18-7-12)3-4-14(13)20(19-16)8-15(22)23;11-8-2-1-3-9(14-8)15-10(16)7-4-6(12)5-13-7/h3-8,10-11,18,21H,9,12-13H2,1-2H3,(H,31,32,38);3-7H,8H2,1-2H3,(H,22,23);1-3,6-7,13H,4-5H2,(H,14,15,16)/t18-,21+;;6-,7+/m1.1/s1. The van der Waals surface area contributed by atoms with Gasteiger partial charge in [0.15, 0.2) is 11.6 Å². The molecule has 21 nitrogen and oxygen atoms in total. The number of carbonyl (C=O) groups is 6. The molecule has 2 aromatic carbocycles. The van der Waals surface area contributed by atoms with E-state index in [0.29, 0.717) is 48.5 Å². The maximum atomic E-state index is 14.4. The maximum absolute atomic E-state index is 14.4. The first-order valence-corrected chi connectivity index (χ1v) is 25.4. The molecule has 10 rings (SSSR count). The Balaban J connectivity index is 0.000000170. The third-order valence-corrected chi connectivity index (χ3v) is 13.0. The number of Topliss-reactive ketones (excluding diaryl/α,β-unsaturated/α-hetero) is 2. The van der Waals surface area contributed by atoms with Gasteiger partial charge in [0.05, 0.1) is 23.6 Å². The van der Waals surface area contributed by atoms with E-state index < -0.39 is 42.2 Å². The molecule has 4 N–H and O–H groups in total. The summed E-state index contributed by atoms with van der Waals surface area (Å²) in [5, 5.41) is 26.8. The zero-order valence-corrected chi connectivity index (χ0v) is 44.8. The van der Waals surface area contributed by atoms with Crippen molar-refractivity contribution in [2.24, 2.45) is 0 Å². The minimum atomic E-state index is -1.34. The lowest BCUT2D eigenvalue weighted by atomic mass is 10.0. The molecule has 0 saturated carbocycles. The lowest BCUT2D eigenvalue weighted by Crippen LogP contribution is -2.44. The maximum Gasteiger partial charge on any atom is 0.325 e. The second-order valence-electron chi connectivity index (χ2n) is 17.9. The van der Waals surface area contributed by atoms with Gasteiger partial charge >= 0.3 is 5.97 Å². The highest BCUT2D eigenvalue weighted by Gasteiger charge is 2.40. The molecule has 2 fully saturated rings. The second-order valence-corrected chi connectivity index (χ2v) is 19.5. The number of nitrogens with zero attached hydrogens (tertiary/aromatic N) is 11. The average Bonchev–Trinajstić information content (AvgIpc) is 4.20. The third-order valence-electron chi connectivity index (χ3n) is 12.2. The predicted molar refractivity (Wildman–Crippen MR) is 286 cm³/mol. The Labute approximate surface area is 454 Å². The number of carboxylic acids is 1. The Hall–Kier alpha value is -8.16. The molecule has 396 valence electrons. The van der Waals surface area contributed by atoms with Gasteiger partial charge in [0, 0.05) is 79.9 Å². The van der Waals surface area contributed by atoms with Crippen LogP contribution in [-0.2, 0) is 32.3 Å². The Morgan fingerprint density at radius 2 is 1.13 bits per heavy atom. The van der Waals surface area contributed by atoms with Gasteiger partial charge in [-0.15, -0.1) is 0 Å². The zero-order chi connectivity index (χ0) is 55.1. The molecule has 2 aliphatic rings. The fourth-order valence-electron chi connectivity index (χ4n) is 8.49. The second kappa shape index (κ2) is 24.2. The highest BCUT2D eigenvalue weighted by Crippen LogP contribution is 2.30. The summed E-state index contributed by atoms with van der Waals surface area (Å²) in [5.74, 6) is -0.672. The number of anilines is 2. The summed E-state index contributed by atoms with van der Waals surface area (Å²) in [4.78, 5) is 99.3. The van der Waals surface area contributed by atoms with E-state index in [1.54, 1.807) is 87.2 Å². The van der Waals surface area contributed by atoms with Crippen molar-refractivity contribution < 1.29 is 42.7 Å². The first kappa shape index (κ1) is 55.1. The van der Waals surface area contributed by atoms with Crippen molar-refractivity contribution in [3.05, 3.63) is 130 Å². The molecule has 8 heterocycles. The Morgan fingerprint density at radius 3 is 1.57 bits per heavy atom. The molecule has 3 amide bonds. The van der Waals surface area contributed by atoms with Gasteiger partial charge in [0.2, 0.25) is 17.7 Å². The fraction of sp³-hybridized carbons (Fsp3) is 0.269. The van der Waals surface area contributed by atoms with Crippen molar-refractivity contribution in [1.29, 1.82) is 0 Å². The van der Waals surface area contributed by atoms with Crippen LogP contribution >= 0.6 is 31.9 Å². The van der Waals surface area contributed by atoms with Gasteiger partial charge in [-0.3, -0.25) is 38.1 Å². The number of rotatable bonds is 12. The minimum absolute atomic E-state index is 0.119. The number of aliphatic carboxylic acids is 1. The van der Waals surface area contributed by atoms with Crippen LogP contribution in [0.25, 0.3) is 44.1 Å². The number of hydrogen-bond donors (Lipinski definition) is 4. The van der Waals surface area contributed by atoms with Gasteiger partial charge in [-0.1, -0.05) is 24.3 Å². The monoisotopic (exact) mass is 1180 g/mol. The van der Waals surface area contributed by atoms with Gasteiger partial charge < -0.3 is 26.0 Å². The molecule has 0 unspecified atom stereocenters. The van der Waals surface area contributed by atoms with Crippen molar-refractivity contribution in [3.8, 4) is 22.3 Å². The molecule has 2 saturated heterocycles. The number of alkyl halides is 2. The van der Waals surface area contributed by atoms with Crippen molar-refractivity contribution >= 4 is 101 Å². The number of carboxylic acid groups (broad SMARTS) is 1. The molecule has 4 atom stereocenters. The van der Waals surface area contributed by atoms with E-state index in [0.717, 1.165) is 22.3 Å². The smallest absolute Gasteiger partial charge is 0.325 e. The summed E-state index contributed by atoms with van der Waals surface area (Å²) in [6.07, 6.45) is 4.63. The van der Waals surface area contributed by atoms with Crippen LogP contribution in [0.15, 0.2) is 107 Å². The molecule has 77 heavy (non-hydrogen) atoms. The average molecular weight is 1180 g/mol. The van der Waals surface area contributed by atoms with E-state index in [4.69, 9.17) is 5.11 Å². The first-order valence-electron chi connectivity index (χ1n) is 23.8. The minimum Gasteiger partial charge on any atom is -0.480 e. The van der Waals surface area contributed by atoms with E-state index in [2.05, 4.69) is 87.9 Å². The number of nitrogens with one attached hydrogen (secondary N) is 3. The highest BCUT2D eigenvalue weighted by molar-refractivity contribution is 9.10. The number of pyridine rings is 2. The quantitative estimate of drug-likeness (QED) is 0.0689. The Morgan fingerprint density at radius 1 is 0.649 bits per heavy atom. The number of amides is 3. The molecule has 2 aliphatic heterocycles. The fourth-order valence-corrected chi connectivity index (χ4v) is 9.18. The van der Waals surface area contributed by atoms with Crippen LogP contribution < -0.4 is 16.0 Å². The number of benzene rings is 2. The molecule has 8 aromatic rings. The number of hydrogen-bond acceptors (Lipinski definition) is 15. The van der Waals surface area contributed by atoms with Crippen molar-refractivity contribution in [2.45, 2.75) is 78.1 Å². The topological polar surface area (TPSA) is 275 Å². The summed E-state index contributed by atoms with van der Waals surface area (Å²) in [6, 6.07) is 19.6. The summed E-state index contributed by atoms with van der Waals surface area (Å²) >= 11 is 6.45. The predicted octanol–water partition coefficient (Wildman–Crippen LogP) is 7.31. The number of fused-ring (bicyclic) bond motifs is 2. The third kappa shape index (κ3) is 13.6. The normalized spacial score (nSPS) is 16.8. The van der Waals surface area contributed by atoms with Gasteiger partial charge in [-0.25, -0.2) is 38.7 Å². The molecule has 0 spiro atoms. The van der Waals surface area contributed by atoms with E-state index in [9.17, 15) is 37.5 Å². The molecule has 0 aliphatic carbocycles. The Bertz CT molecular complexity index is 3550. The molecule has 6 aromatic heterocycles. The van der Waals surface area contributed by atoms with E-state index >= 15 is 0 Å². The number of aromatic nitrogens is 10. The number of likely N-dealkylation sites (tertiary alicyclic amines) is 1. The van der Waals surface area contributed by atoms with Crippen molar-refractivity contribution in [3.63, 3.8) is 0 Å². The van der Waals surface area contributed by atoms with Crippen molar-refractivity contribution in [1.82, 2.24) is 59.7 Å². The molecular weight excluding hydrogens is 1130 g/mol. The SMILES string of the molecule is CC(=O)c1nn(CC(=O)N2C[C@H](F)C[C@H]2C(=O)Nc2cccc(Br)n2)c2ccc(-c3cnc(C)nc3)cc12.CC(=O)c1nn(CC(=O)O)c2ccc(-c3cnc(C)nc3)cc12.O=C(Nc1cccc(Br)n1)[C@@H]1C[C@@H](F)CN1. The van der Waals surface area contributed by atoms with Crippen LogP contribution in [0.2, 0.25) is 0 Å². The van der Waals surface area contributed by atoms with Gasteiger partial charge in [-0.05, 0) is 105 Å². The molecule has 0 bridgehead atoms. The van der Waals surface area contributed by atoms with Crippen LogP contribution in [0.5, 0.6) is 0 Å². The van der Waals surface area contributed by atoms with E-state index in [1.165, 1.54) is 28.1 Å². The molecular formula is C52H48Br2F2N14O7. The number of ketones is 2. The summed E-state index contributed by atoms with van der Waals surface area (Å²) in [6.45, 7) is 5.88. The van der Waals surface area contributed by atoms with Crippen LogP contribution in [0, 0.1) is 13.8 Å². The van der Waals surface area contributed by atoms with Crippen LogP contribution in [0.3, 0.4) is 0 Å². The summed E-state index contributed by atoms with van der Waals surface area (Å²) < 4.78 is 31.2. The largest absolute Gasteiger partial charge is 0.480 e. The van der Waals surface area contributed by atoms with Crippen molar-refractivity contribution in [2.75, 3.05) is 23.7 Å². The zero-order valence-electron chi connectivity index (χ0n) is 41.6. The first-order chi connectivity index (χ1) is 36.8. The van der Waals surface area contributed by atoms with Crippen LogP contribution in [-0.4, -0.2) is 132 Å². The molecule has 25 heteroatoms. The number of aryl methyl sites for hydroxylation is 2. The van der Waals surface area contributed by atoms with E-state index in [-0.39, 0.29) is 73.7 Å². The van der Waals surface area contributed by atoms with Crippen LogP contribution in [0.4, 0.5) is 20.4 Å². The lowest BCUT2D eigenvalue weighted by Gasteiger charge is -2.23. The lowest BCUT2D eigenvalue weighted by molar-refractivity contribution is -0.138. The number of halogens is 4. The summed E-state index contributed by atoms with van der Waals surface area (Å²) in [5.41, 5.74) is 4.87. The van der Waals surface area contributed by atoms with Gasteiger partial charge in [0.1, 0.15) is 75.4 Å². The van der Waals surface area contributed by atoms with Gasteiger partial charge in [-0.2, -0.15) is 10.2 Å². The van der Waals surface area contributed by atoms with E-state index in [1.807, 2.05) is 24.3 Å². The van der Waals surface area contributed by atoms with Crippen LogP contribution in [0.1, 0.15) is 59.3 Å². The summed E-state index contributed by atoms with van der Waals surface area (Å²) in [7, 11) is 0.